The van der Waals surface area contributed by atoms with E-state index in [1.54, 1.807) is 6.07 Å². The summed E-state index contributed by atoms with van der Waals surface area (Å²) in [6.07, 6.45) is 3.39. The van der Waals surface area contributed by atoms with Gasteiger partial charge in [-0.1, -0.05) is 36.7 Å². The highest BCUT2D eigenvalue weighted by atomic mass is 79.9. The number of anilines is 1. The summed E-state index contributed by atoms with van der Waals surface area (Å²) in [5.74, 6) is 0.678. The third kappa shape index (κ3) is 3.96. The van der Waals surface area contributed by atoms with Crippen molar-refractivity contribution in [1.82, 2.24) is 0 Å². The van der Waals surface area contributed by atoms with Crippen LogP contribution in [0.3, 0.4) is 0 Å². The van der Waals surface area contributed by atoms with Crippen molar-refractivity contribution in [1.29, 1.82) is 0 Å². The van der Waals surface area contributed by atoms with E-state index in [0.717, 1.165) is 36.1 Å². The van der Waals surface area contributed by atoms with Crippen LogP contribution < -0.4 is 4.90 Å². The highest BCUT2D eigenvalue weighted by molar-refractivity contribution is 9.10. The first-order valence-corrected chi connectivity index (χ1v) is 8.27. The van der Waals surface area contributed by atoms with Crippen LogP contribution in [0.2, 0.25) is 0 Å². The van der Waals surface area contributed by atoms with Crippen LogP contribution in [0.1, 0.15) is 40.0 Å². The molecule has 1 aliphatic rings. The van der Waals surface area contributed by atoms with Gasteiger partial charge in [-0.3, -0.25) is 10.1 Å². The maximum atomic E-state index is 11.3. The molecule has 0 aliphatic carbocycles. The van der Waals surface area contributed by atoms with E-state index < -0.39 is 0 Å². The largest absolute Gasteiger partial charge is 0.366 e. The number of benzene rings is 1. The summed E-state index contributed by atoms with van der Waals surface area (Å²) in [5, 5.41) is 11.3. The Morgan fingerprint density at radius 2 is 2.00 bits per heavy atom. The summed E-state index contributed by atoms with van der Waals surface area (Å²) in [4.78, 5) is 13.2. The van der Waals surface area contributed by atoms with Crippen LogP contribution in [0, 0.1) is 21.4 Å². The summed E-state index contributed by atoms with van der Waals surface area (Å²) >= 11 is 3.32. The fraction of sp³-hybridized carbons (Fsp3) is 0.625. The topological polar surface area (TPSA) is 46.4 Å². The van der Waals surface area contributed by atoms with Gasteiger partial charge in [-0.25, -0.2) is 0 Å². The van der Waals surface area contributed by atoms with Gasteiger partial charge in [-0.15, -0.1) is 0 Å². The van der Waals surface area contributed by atoms with E-state index in [0.29, 0.717) is 11.3 Å². The summed E-state index contributed by atoms with van der Waals surface area (Å²) in [5.41, 5.74) is 1.25. The Morgan fingerprint density at radius 3 is 2.62 bits per heavy atom. The summed E-state index contributed by atoms with van der Waals surface area (Å²) in [7, 11) is 0. The lowest BCUT2D eigenvalue weighted by Gasteiger charge is -2.30. The predicted molar refractivity (Wildman–Crippen MR) is 89.8 cm³/mol. The molecule has 1 aliphatic heterocycles. The molecule has 116 valence electrons. The minimum absolute atomic E-state index is 0.193. The second kappa shape index (κ2) is 6.34. The summed E-state index contributed by atoms with van der Waals surface area (Å²) < 4.78 is 0.750. The monoisotopic (exact) mass is 354 g/mol. The van der Waals surface area contributed by atoms with Gasteiger partial charge in [0.25, 0.3) is 5.69 Å². The van der Waals surface area contributed by atoms with E-state index in [1.165, 1.54) is 6.42 Å². The fourth-order valence-electron chi connectivity index (χ4n) is 3.11. The third-order valence-corrected chi connectivity index (χ3v) is 4.92. The SMILES string of the molecule is CC(C)(C)C1CCCN(c2ccc(Br)cc2[N+](=O)[O-])CC1. The molecule has 0 saturated carbocycles. The van der Waals surface area contributed by atoms with E-state index in [2.05, 4.69) is 41.6 Å². The van der Waals surface area contributed by atoms with Crippen molar-refractivity contribution in [3.63, 3.8) is 0 Å². The molecule has 1 fully saturated rings. The van der Waals surface area contributed by atoms with E-state index >= 15 is 0 Å². The maximum absolute atomic E-state index is 11.3. The van der Waals surface area contributed by atoms with Crippen LogP contribution in [0.5, 0.6) is 0 Å². The highest BCUT2D eigenvalue weighted by Gasteiger charge is 2.29. The van der Waals surface area contributed by atoms with Crippen molar-refractivity contribution in [2.24, 2.45) is 11.3 Å². The molecule has 0 spiro atoms. The molecule has 4 nitrogen and oxygen atoms in total. The second-order valence-electron chi connectivity index (χ2n) is 6.87. The standard InChI is InChI=1S/C16H23BrN2O2/c1-16(2,3)12-5-4-9-18(10-8-12)14-7-6-13(17)11-15(14)19(20)21/h6-7,11-12H,4-5,8-10H2,1-3H3. The number of hydrogen-bond acceptors (Lipinski definition) is 3. The quantitative estimate of drug-likeness (QED) is 0.553. The van der Waals surface area contributed by atoms with Crippen molar-refractivity contribution in [3.05, 3.63) is 32.8 Å². The zero-order valence-corrected chi connectivity index (χ0v) is 14.5. The average molecular weight is 355 g/mol. The normalized spacial score (nSPS) is 20.2. The molecule has 0 N–H and O–H groups in total. The minimum Gasteiger partial charge on any atom is -0.366 e. The Morgan fingerprint density at radius 1 is 1.29 bits per heavy atom. The van der Waals surface area contributed by atoms with E-state index in [1.807, 2.05) is 12.1 Å². The molecule has 0 radical (unpaired) electrons. The van der Waals surface area contributed by atoms with E-state index in [4.69, 9.17) is 0 Å². The molecule has 1 aromatic carbocycles. The Kier molecular flexibility index (Phi) is 4.91. The first kappa shape index (κ1) is 16.3. The zero-order chi connectivity index (χ0) is 15.6. The second-order valence-corrected chi connectivity index (χ2v) is 7.79. The van der Waals surface area contributed by atoms with Gasteiger partial charge in [0.05, 0.1) is 4.92 Å². The number of hydrogen-bond donors (Lipinski definition) is 0. The summed E-state index contributed by atoms with van der Waals surface area (Å²) in [6.45, 7) is 8.65. The van der Waals surface area contributed by atoms with Crippen molar-refractivity contribution in [2.75, 3.05) is 18.0 Å². The molecular weight excluding hydrogens is 332 g/mol. The average Bonchev–Trinajstić information content (AvgIpc) is 2.63. The molecule has 21 heavy (non-hydrogen) atoms. The van der Waals surface area contributed by atoms with Gasteiger partial charge in [-0.2, -0.15) is 0 Å². The highest BCUT2D eigenvalue weighted by Crippen LogP contribution is 2.37. The minimum atomic E-state index is -0.285. The van der Waals surface area contributed by atoms with Crippen LogP contribution >= 0.6 is 15.9 Å². The van der Waals surface area contributed by atoms with Crippen LogP contribution in [0.15, 0.2) is 22.7 Å². The van der Waals surface area contributed by atoms with E-state index in [9.17, 15) is 10.1 Å². The molecule has 1 atom stereocenters. The van der Waals surface area contributed by atoms with Gasteiger partial charge in [0.2, 0.25) is 0 Å². The smallest absolute Gasteiger partial charge is 0.293 e. The lowest BCUT2D eigenvalue weighted by molar-refractivity contribution is -0.384. The van der Waals surface area contributed by atoms with Crippen LogP contribution in [-0.4, -0.2) is 18.0 Å². The van der Waals surface area contributed by atoms with Crippen LogP contribution in [0.4, 0.5) is 11.4 Å². The van der Waals surface area contributed by atoms with Gasteiger partial charge in [0, 0.05) is 23.6 Å². The molecule has 1 aromatic rings. The zero-order valence-electron chi connectivity index (χ0n) is 12.9. The van der Waals surface area contributed by atoms with Gasteiger partial charge >= 0.3 is 0 Å². The lowest BCUT2D eigenvalue weighted by Crippen LogP contribution is -2.26. The fourth-order valence-corrected chi connectivity index (χ4v) is 3.46. The first-order chi connectivity index (χ1) is 9.79. The summed E-state index contributed by atoms with van der Waals surface area (Å²) in [6, 6.07) is 5.34. The third-order valence-electron chi connectivity index (χ3n) is 4.43. The maximum Gasteiger partial charge on any atom is 0.293 e. The van der Waals surface area contributed by atoms with Crippen LogP contribution in [-0.2, 0) is 0 Å². The molecule has 0 amide bonds. The number of nitrogens with zero attached hydrogens (tertiary/aromatic N) is 2. The Bertz CT molecular complexity index is 525. The van der Waals surface area contributed by atoms with Crippen molar-refractivity contribution in [3.8, 4) is 0 Å². The molecule has 2 rings (SSSR count). The number of halogens is 1. The molecule has 1 unspecified atom stereocenters. The van der Waals surface area contributed by atoms with Crippen molar-refractivity contribution >= 4 is 27.3 Å². The van der Waals surface area contributed by atoms with Gasteiger partial charge in [-0.05, 0) is 42.7 Å². The number of nitro groups is 1. The molecule has 1 saturated heterocycles. The molecule has 0 bridgehead atoms. The molecule has 0 aromatic heterocycles. The molecular formula is C16H23BrN2O2. The van der Waals surface area contributed by atoms with Gasteiger partial charge < -0.3 is 4.90 Å². The Labute approximate surface area is 134 Å². The van der Waals surface area contributed by atoms with Crippen LogP contribution in [0.25, 0.3) is 0 Å². The number of nitro benzene ring substituents is 1. The number of rotatable bonds is 2. The van der Waals surface area contributed by atoms with Crippen molar-refractivity contribution in [2.45, 2.75) is 40.0 Å². The predicted octanol–water partition coefficient (Wildman–Crippen LogP) is 5.01. The Hall–Kier alpha value is -1.10. The van der Waals surface area contributed by atoms with E-state index in [-0.39, 0.29) is 10.6 Å². The first-order valence-electron chi connectivity index (χ1n) is 7.48. The van der Waals surface area contributed by atoms with Gasteiger partial charge in [0.15, 0.2) is 0 Å². The lowest BCUT2D eigenvalue weighted by atomic mass is 9.77. The molecule has 5 heteroatoms. The molecule has 1 heterocycles. The Balaban J connectivity index is 2.22. The van der Waals surface area contributed by atoms with Crippen molar-refractivity contribution < 1.29 is 4.92 Å². The van der Waals surface area contributed by atoms with Gasteiger partial charge in [0.1, 0.15) is 5.69 Å².